The molecule has 2 nitrogen and oxygen atoms in total. The largest absolute Gasteiger partial charge is 0.385 e. The molecule has 0 spiro atoms. The van der Waals surface area contributed by atoms with Gasteiger partial charge < -0.3 is 4.74 Å². The summed E-state index contributed by atoms with van der Waals surface area (Å²) >= 11 is 3.81. The van der Waals surface area contributed by atoms with Crippen molar-refractivity contribution in [3.63, 3.8) is 0 Å². The minimum atomic E-state index is 0.820. The zero-order chi connectivity index (χ0) is 18.2. The Hall–Kier alpha value is -2.27. The predicted molar refractivity (Wildman–Crippen MR) is 118 cm³/mol. The minimum Gasteiger partial charge on any atom is -0.385 e. The monoisotopic (exact) mass is 389 g/mol. The van der Waals surface area contributed by atoms with Gasteiger partial charge in [-0.3, -0.25) is 4.98 Å². The van der Waals surface area contributed by atoms with E-state index in [0.717, 1.165) is 25.1 Å². The molecule has 0 fully saturated rings. The van der Waals surface area contributed by atoms with Crippen molar-refractivity contribution in [2.24, 2.45) is 0 Å². The zero-order valence-corrected chi connectivity index (χ0v) is 16.7. The standard InChI is InChI=1S/C23H19NOS2/c1-25-12-4-5-15-7-9-17-20(13-15)26-23-18-10-8-16(14-21(18)27-22(17)23)19-6-2-3-11-24-19/h2-3,6-11,13-14H,4-5,12H2,1H3. The molecule has 5 rings (SSSR count). The predicted octanol–water partition coefficient (Wildman–Crippen LogP) is 6.91. The summed E-state index contributed by atoms with van der Waals surface area (Å²) in [6.07, 6.45) is 3.99. The topological polar surface area (TPSA) is 22.1 Å². The molecule has 0 N–H and O–H groups in total. The molecule has 0 saturated carbocycles. The number of hydrogen-bond acceptors (Lipinski definition) is 4. The van der Waals surface area contributed by atoms with E-state index < -0.39 is 0 Å². The Morgan fingerprint density at radius 3 is 2.41 bits per heavy atom. The van der Waals surface area contributed by atoms with Crippen molar-refractivity contribution in [3.05, 3.63) is 66.4 Å². The molecule has 3 aromatic heterocycles. The van der Waals surface area contributed by atoms with Crippen molar-refractivity contribution in [2.45, 2.75) is 12.8 Å². The summed E-state index contributed by atoms with van der Waals surface area (Å²) in [5.41, 5.74) is 3.61. The molecule has 4 heteroatoms. The second-order valence-electron chi connectivity index (χ2n) is 6.72. The molecule has 0 bridgehead atoms. The third kappa shape index (κ3) is 3.04. The molecule has 0 radical (unpaired) electrons. The van der Waals surface area contributed by atoms with E-state index in [0.29, 0.717) is 0 Å². The summed E-state index contributed by atoms with van der Waals surface area (Å²) in [4.78, 5) is 4.49. The summed E-state index contributed by atoms with van der Waals surface area (Å²) in [5.74, 6) is 0. The smallest absolute Gasteiger partial charge is 0.0702 e. The lowest BCUT2D eigenvalue weighted by atomic mass is 10.1. The van der Waals surface area contributed by atoms with Gasteiger partial charge in [-0.2, -0.15) is 0 Å². The van der Waals surface area contributed by atoms with Crippen molar-refractivity contribution in [1.82, 2.24) is 4.98 Å². The van der Waals surface area contributed by atoms with E-state index in [1.54, 1.807) is 7.11 Å². The number of fused-ring (bicyclic) bond motifs is 5. The van der Waals surface area contributed by atoms with Gasteiger partial charge in [0.05, 0.1) is 15.1 Å². The number of aromatic nitrogens is 1. The van der Waals surface area contributed by atoms with Crippen molar-refractivity contribution >= 4 is 52.2 Å². The lowest BCUT2D eigenvalue weighted by Crippen LogP contribution is -1.91. The van der Waals surface area contributed by atoms with Gasteiger partial charge in [-0.1, -0.05) is 30.3 Å². The molecular weight excluding hydrogens is 370 g/mol. The summed E-state index contributed by atoms with van der Waals surface area (Å²) < 4.78 is 10.7. The third-order valence-corrected chi connectivity index (χ3v) is 7.42. The number of pyridine rings is 1. The molecule has 3 heterocycles. The van der Waals surface area contributed by atoms with Crippen LogP contribution in [-0.4, -0.2) is 18.7 Å². The molecule has 0 unspecified atom stereocenters. The summed E-state index contributed by atoms with van der Waals surface area (Å²) in [7, 11) is 1.76. The zero-order valence-electron chi connectivity index (χ0n) is 15.1. The van der Waals surface area contributed by atoms with Gasteiger partial charge in [0.1, 0.15) is 0 Å². The van der Waals surface area contributed by atoms with Crippen LogP contribution in [0, 0.1) is 0 Å². The van der Waals surface area contributed by atoms with Gasteiger partial charge in [-0.25, -0.2) is 0 Å². The number of thiophene rings is 2. The fourth-order valence-electron chi connectivity index (χ4n) is 3.57. The van der Waals surface area contributed by atoms with Gasteiger partial charge in [0, 0.05) is 45.6 Å². The summed E-state index contributed by atoms with van der Waals surface area (Å²) in [6.45, 7) is 0.820. The fraction of sp³-hybridized carbons (Fsp3) is 0.174. The quantitative estimate of drug-likeness (QED) is 0.305. The molecular formula is C23H19NOS2. The van der Waals surface area contributed by atoms with E-state index in [-0.39, 0.29) is 0 Å². The first-order chi connectivity index (χ1) is 13.3. The Morgan fingerprint density at radius 1 is 0.889 bits per heavy atom. The molecule has 134 valence electrons. The first-order valence-corrected chi connectivity index (χ1v) is 10.7. The fourth-order valence-corrected chi connectivity index (χ4v) is 6.33. The summed E-state index contributed by atoms with van der Waals surface area (Å²) in [5, 5.41) is 2.74. The summed E-state index contributed by atoms with van der Waals surface area (Å²) in [6, 6.07) is 19.7. The second kappa shape index (κ2) is 7.04. The number of hydrogen-bond donors (Lipinski definition) is 0. The van der Waals surface area contributed by atoms with Crippen LogP contribution < -0.4 is 0 Å². The first-order valence-electron chi connectivity index (χ1n) is 9.11. The number of benzene rings is 2. The Kier molecular flexibility index (Phi) is 4.40. The molecule has 0 saturated heterocycles. The molecule has 0 aliphatic carbocycles. The maximum absolute atomic E-state index is 5.18. The van der Waals surface area contributed by atoms with Crippen LogP contribution in [0.25, 0.3) is 40.8 Å². The van der Waals surface area contributed by atoms with Crippen LogP contribution in [0.3, 0.4) is 0 Å². The lowest BCUT2D eigenvalue weighted by Gasteiger charge is -2.01. The molecule has 5 aromatic rings. The second-order valence-corrected chi connectivity index (χ2v) is 8.82. The van der Waals surface area contributed by atoms with Gasteiger partial charge in [0.15, 0.2) is 0 Å². The van der Waals surface area contributed by atoms with Crippen LogP contribution in [0.5, 0.6) is 0 Å². The average molecular weight is 390 g/mol. The van der Waals surface area contributed by atoms with Crippen molar-refractivity contribution in [3.8, 4) is 11.3 Å². The third-order valence-electron chi connectivity index (χ3n) is 4.92. The van der Waals surface area contributed by atoms with Crippen LogP contribution >= 0.6 is 22.7 Å². The van der Waals surface area contributed by atoms with Gasteiger partial charge >= 0.3 is 0 Å². The minimum absolute atomic E-state index is 0.820. The number of rotatable bonds is 5. The molecule has 0 atom stereocenters. The van der Waals surface area contributed by atoms with Gasteiger partial charge in [0.2, 0.25) is 0 Å². The van der Waals surface area contributed by atoms with E-state index in [2.05, 4.69) is 47.4 Å². The number of nitrogens with zero attached hydrogens (tertiary/aromatic N) is 1. The number of ether oxygens (including phenoxy) is 1. The maximum Gasteiger partial charge on any atom is 0.0702 e. The maximum atomic E-state index is 5.18. The highest BCUT2D eigenvalue weighted by atomic mass is 32.1. The SMILES string of the molecule is COCCCc1ccc2c(c1)sc1c3ccc(-c4ccccn4)cc3sc21. The molecule has 0 aliphatic heterocycles. The van der Waals surface area contributed by atoms with Crippen LogP contribution in [-0.2, 0) is 11.2 Å². The van der Waals surface area contributed by atoms with Crippen molar-refractivity contribution < 1.29 is 4.74 Å². The molecule has 0 amide bonds. The van der Waals surface area contributed by atoms with E-state index in [1.165, 1.54) is 40.7 Å². The van der Waals surface area contributed by atoms with Crippen molar-refractivity contribution in [2.75, 3.05) is 13.7 Å². The number of methoxy groups -OCH3 is 1. The van der Waals surface area contributed by atoms with Crippen LogP contribution in [0.2, 0.25) is 0 Å². The Labute approximate surface area is 166 Å². The van der Waals surface area contributed by atoms with Crippen LogP contribution in [0.4, 0.5) is 0 Å². The van der Waals surface area contributed by atoms with Crippen LogP contribution in [0.1, 0.15) is 12.0 Å². The van der Waals surface area contributed by atoms with Crippen molar-refractivity contribution in [1.29, 1.82) is 0 Å². The normalized spacial score (nSPS) is 11.7. The molecule has 27 heavy (non-hydrogen) atoms. The Morgan fingerprint density at radius 2 is 1.67 bits per heavy atom. The highest BCUT2D eigenvalue weighted by molar-refractivity contribution is 7.36. The van der Waals surface area contributed by atoms with E-state index in [1.807, 2.05) is 41.0 Å². The van der Waals surface area contributed by atoms with Gasteiger partial charge in [0.25, 0.3) is 0 Å². The Balaban J connectivity index is 1.59. The highest BCUT2D eigenvalue weighted by Gasteiger charge is 2.13. The van der Waals surface area contributed by atoms with Crippen LogP contribution in [0.15, 0.2) is 60.8 Å². The van der Waals surface area contributed by atoms with E-state index in [4.69, 9.17) is 4.74 Å². The van der Waals surface area contributed by atoms with E-state index in [9.17, 15) is 0 Å². The molecule has 0 aliphatic rings. The van der Waals surface area contributed by atoms with Gasteiger partial charge in [-0.05, 0) is 42.7 Å². The van der Waals surface area contributed by atoms with E-state index >= 15 is 0 Å². The Bertz CT molecular complexity index is 1240. The molecule has 2 aromatic carbocycles. The first kappa shape index (κ1) is 16.9. The van der Waals surface area contributed by atoms with Gasteiger partial charge in [-0.15, -0.1) is 22.7 Å². The lowest BCUT2D eigenvalue weighted by molar-refractivity contribution is 0.195. The highest BCUT2D eigenvalue weighted by Crippen LogP contribution is 2.45. The average Bonchev–Trinajstić information content (AvgIpc) is 3.24. The number of aryl methyl sites for hydroxylation is 1.